The molecule has 3 rings (SSSR count). The molecule has 1 saturated heterocycles. The van der Waals surface area contributed by atoms with Crippen LogP contribution in [0.5, 0.6) is 11.5 Å². The predicted molar refractivity (Wildman–Crippen MR) is 124 cm³/mol. The average Bonchev–Trinajstić information content (AvgIpc) is 3.33. The Labute approximate surface area is 188 Å². The molecule has 32 heavy (non-hydrogen) atoms. The summed E-state index contributed by atoms with van der Waals surface area (Å²) in [4.78, 5) is 6.73. The van der Waals surface area contributed by atoms with E-state index in [2.05, 4.69) is 56.5 Å². The molecule has 0 radical (unpaired) electrons. The number of hydrogen-bond acceptors (Lipinski definition) is 4. The lowest BCUT2D eigenvalue weighted by Crippen LogP contribution is -2.38. The van der Waals surface area contributed by atoms with Gasteiger partial charge >= 0.3 is 6.61 Å². The first-order valence-corrected chi connectivity index (χ1v) is 11.0. The molecule has 1 aliphatic rings. The van der Waals surface area contributed by atoms with Crippen LogP contribution in [0.1, 0.15) is 43.9 Å². The summed E-state index contributed by atoms with van der Waals surface area (Å²) in [6, 6.07) is 13.6. The van der Waals surface area contributed by atoms with Crippen molar-refractivity contribution in [3.8, 4) is 11.5 Å². The van der Waals surface area contributed by atoms with Crippen molar-refractivity contribution >= 4 is 11.6 Å². The van der Waals surface area contributed by atoms with Crippen LogP contribution >= 0.6 is 0 Å². The number of benzene rings is 2. The van der Waals surface area contributed by atoms with E-state index in [1.54, 1.807) is 26.1 Å². The van der Waals surface area contributed by atoms with Gasteiger partial charge in [0, 0.05) is 32.4 Å². The third-order valence-corrected chi connectivity index (χ3v) is 5.40. The maximum Gasteiger partial charge on any atom is 0.387 e. The first-order chi connectivity index (χ1) is 15.5. The van der Waals surface area contributed by atoms with Gasteiger partial charge in [-0.15, -0.1) is 0 Å². The molecule has 8 heteroatoms. The zero-order valence-corrected chi connectivity index (χ0v) is 18.9. The molecule has 1 atom stereocenters. The molecule has 174 valence electrons. The first-order valence-electron chi connectivity index (χ1n) is 11.0. The molecule has 2 aromatic carbocycles. The highest BCUT2D eigenvalue weighted by molar-refractivity contribution is 5.80. The second-order valence-electron chi connectivity index (χ2n) is 7.67. The van der Waals surface area contributed by atoms with Crippen molar-refractivity contribution in [1.82, 2.24) is 10.6 Å². The topological polar surface area (TPSA) is 58.1 Å². The van der Waals surface area contributed by atoms with Crippen LogP contribution in [0, 0.1) is 0 Å². The summed E-state index contributed by atoms with van der Waals surface area (Å²) in [5, 5.41) is 6.68. The zero-order chi connectivity index (χ0) is 22.9. The minimum atomic E-state index is -2.90. The fourth-order valence-corrected chi connectivity index (χ4v) is 3.76. The van der Waals surface area contributed by atoms with Crippen molar-refractivity contribution in [2.24, 2.45) is 4.99 Å². The summed E-state index contributed by atoms with van der Waals surface area (Å²) < 4.78 is 35.2. The highest BCUT2D eigenvalue weighted by Gasteiger charge is 2.15. The van der Waals surface area contributed by atoms with Crippen LogP contribution in [0.25, 0.3) is 0 Å². The van der Waals surface area contributed by atoms with E-state index in [0.717, 1.165) is 18.7 Å². The van der Waals surface area contributed by atoms with Crippen molar-refractivity contribution in [2.75, 3.05) is 31.6 Å². The summed E-state index contributed by atoms with van der Waals surface area (Å²) in [6.07, 6.45) is 2.49. The fourth-order valence-electron chi connectivity index (χ4n) is 3.76. The summed E-state index contributed by atoms with van der Waals surface area (Å²) in [5.41, 5.74) is 3.30. The van der Waals surface area contributed by atoms with Gasteiger partial charge in [-0.3, -0.25) is 4.99 Å². The number of anilines is 1. The normalized spacial score (nSPS) is 15.1. The Morgan fingerprint density at radius 1 is 1.12 bits per heavy atom. The van der Waals surface area contributed by atoms with Gasteiger partial charge in [0.2, 0.25) is 0 Å². The van der Waals surface area contributed by atoms with Crippen LogP contribution < -0.4 is 25.0 Å². The molecule has 2 aromatic rings. The van der Waals surface area contributed by atoms with Crippen molar-refractivity contribution < 1.29 is 18.3 Å². The Kier molecular flexibility index (Phi) is 8.53. The number of ether oxygens (including phenoxy) is 2. The largest absolute Gasteiger partial charge is 0.490 e. The van der Waals surface area contributed by atoms with Crippen LogP contribution in [0.3, 0.4) is 0 Å². The van der Waals surface area contributed by atoms with Crippen LogP contribution in [0.2, 0.25) is 0 Å². The quantitative estimate of drug-likeness (QED) is 0.432. The summed E-state index contributed by atoms with van der Waals surface area (Å²) >= 11 is 0. The Morgan fingerprint density at radius 2 is 1.91 bits per heavy atom. The lowest BCUT2D eigenvalue weighted by atomic mass is 10.1. The smallest absolute Gasteiger partial charge is 0.387 e. The molecule has 0 spiro atoms. The van der Waals surface area contributed by atoms with E-state index in [9.17, 15) is 8.78 Å². The fraction of sp³-hybridized carbons (Fsp3) is 0.458. The molecule has 0 bridgehead atoms. The van der Waals surface area contributed by atoms with Crippen molar-refractivity contribution in [2.45, 2.75) is 45.9 Å². The number of halogens is 2. The number of aliphatic imine (C=N–C) groups is 1. The van der Waals surface area contributed by atoms with Crippen LogP contribution in [-0.2, 0) is 6.54 Å². The molecule has 1 heterocycles. The highest BCUT2D eigenvalue weighted by Crippen LogP contribution is 2.30. The number of guanidine groups is 1. The van der Waals surface area contributed by atoms with Crippen LogP contribution in [0.4, 0.5) is 14.5 Å². The number of nitrogens with one attached hydrogen (secondary N) is 2. The molecule has 0 aromatic heterocycles. The highest BCUT2D eigenvalue weighted by atomic mass is 19.3. The lowest BCUT2D eigenvalue weighted by Gasteiger charge is -2.22. The molecule has 1 aliphatic heterocycles. The van der Waals surface area contributed by atoms with Gasteiger partial charge in [0.15, 0.2) is 17.5 Å². The minimum Gasteiger partial charge on any atom is -0.490 e. The summed E-state index contributed by atoms with van der Waals surface area (Å²) in [6.45, 7) is 4.02. The molecule has 6 nitrogen and oxygen atoms in total. The van der Waals surface area contributed by atoms with E-state index in [4.69, 9.17) is 4.74 Å². The van der Waals surface area contributed by atoms with E-state index in [0.29, 0.717) is 24.9 Å². The Bertz CT molecular complexity index is 901. The molecule has 2 N–H and O–H groups in total. The van der Waals surface area contributed by atoms with Gasteiger partial charge in [-0.05, 0) is 62.1 Å². The SMILES string of the molecule is CCOc1cc(CNC(=NC)NC(C)c2cccc(N3CCCC3)c2)ccc1OC(F)F. The lowest BCUT2D eigenvalue weighted by molar-refractivity contribution is -0.0514. The summed E-state index contributed by atoms with van der Waals surface area (Å²) in [5.74, 6) is 0.969. The minimum absolute atomic E-state index is 0.0274. The molecule has 0 saturated carbocycles. The van der Waals surface area contributed by atoms with Gasteiger partial charge < -0.3 is 25.0 Å². The second-order valence-corrected chi connectivity index (χ2v) is 7.67. The molecule has 1 fully saturated rings. The number of hydrogen-bond donors (Lipinski definition) is 2. The average molecular weight is 447 g/mol. The van der Waals surface area contributed by atoms with E-state index in [1.165, 1.54) is 30.2 Å². The second kappa shape index (κ2) is 11.5. The number of nitrogens with zero attached hydrogens (tertiary/aromatic N) is 2. The van der Waals surface area contributed by atoms with Crippen molar-refractivity contribution in [3.05, 3.63) is 53.6 Å². The van der Waals surface area contributed by atoms with Crippen LogP contribution in [0.15, 0.2) is 47.5 Å². The third kappa shape index (κ3) is 6.48. The van der Waals surface area contributed by atoms with Gasteiger partial charge in [0.05, 0.1) is 12.6 Å². The Morgan fingerprint density at radius 3 is 2.59 bits per heavy atom. The van der Waals surface area contributed by atoms with Crippen molar-refractivity contribution in [1.29, 1.82) is 0 Å². The van der Waals surface area contributed by atoms with Crippen LogP contribution in [-0.4, -0.2) is 39.3 Å². The van der Waals surface area contributed by atoms with Gasteiger partial charge in [-0.25, -0.2) is 0 Å². The zero-order valence-electron chi connectivity index (χ0n) is 18.9. The van der Waals surface area contributed by atoms with E-state index in [1.807, 2.05) is 0 Å². The standard InChI is InChI=1S/C24H32F2N4O2/c1-4-31-22-14-18(10-11-21(22)32-23(25)26)16-28-24(27-3)29-17(2)19-8-7-9-20(15-19)30-12-5-6-13-30/h7-11,14-15,17,23H,4-6,12-13,16H2,1-3H3,(H2,27,28,29). The molecule has 0 aliphatic carbocycles. The maximum absolute atomic E-state index is 12.6. The molecular formula is C24H32F2N4O2. The first kappa shape index (κ1) is 23.6. The maximum atomic E-state index is 12.6. The van der Waals surface area contributed by atoms with Gasteiger partial charge in [0.25, 0.3) is 0 Å². The predicted octanol–water partition coefficient (Wildman–Crippen LogP) is 4.71. The van der Waals surface area contributed by atoms with Gasteiger partial charge in [0.1, 0.15) is 0 Å². The van der Waals surface area contributed by atoms with Crippen molar-refractivity contribution in [3.63, 3.8) is 0 Å². The molecular weight excluding hydrogens is 414 g/mol. The van der Waals surface area contributed by atoms with E-state index >= 15 is 0 Å². The van der Waals surface area contributed by atoms with E-state index < -0.39 is 6.61 Å². The monoisotopic (exact) mass is 446 g/mol. The third-order valence-electron chi connectivity index (χ3n) is 5.40. The Balaban J connectivity index is 1.61. The van der Waals surface area contributed by atoms with Gasteiger partial charge in [-0.2, -0.15) is 8.78 Å². The van der Waals surface area contributed by atoms with E-state index in [-0.39, 0.29) is 11.8 Å². The molecule has 0 amide bonds. The number of alkyl halides is 2. The molecule has 1 unspecified atom stereocenters. The van der Waals surface area contributed by atoms with Gasteiger partial charge in [-0.1, -0.05) is 18.2 Å². The number of rotatable bonds is 9. The Hall–Kier alpha value is -3.03. The summed E-state index contributed by atoms with van der Waals surface area (Å²) in [7, 11) is 1.72.